The van der Waals surface area contributed by atoms with Crippen molar-refractivity contribution in [3.05, 3.63) is 30.0 Å². The molecule has 21 heavy (non-hydrogen) atoms. The molecule has 1 aromatic heterocycles. The number of nitrogen functional groups attached to an aromatic ring is 1. The minimum absolute atomic E-state index is 0.0734. The second kappa shape index (κ2) is 5.43. The van der Waals surface area contributed by atoms with Crippen molar-refractivity contribution in [3.8, 4) is 0 Å². The van der Waals surface area contributed by atoms with E-state index in [2.05, 4.69) is 11.9 Å². The van der Waals surface area contributed by atoms with Crippen LogP contribution in [0.25, 0.3) is 10.9 Å². The highest BCUT2D eigenvalue weighted by Gasteiger charge is 2.26. The van der Waals surface area contributed by atoms with E-state index in [1.54, 1.807) is 0 Å². The first-order valence-corrected chi connectivity index (χ1v) is 7.70. The summed E-state index contributed by atoms with van der Waals surface area (Å²) in [4.78, 5) is 17.8. The van der Waals surface area contributed by atoms with Crippen molar-refractivity contribution in [2.24, 2.45) is 5.92 Å². The Morgan fingerprint density at radius 2 is 1.95 bits per heavy atom. The molecule has 3 N–H and O–H groups in total. The number of aromatic nitrogens is 1. The number of nitrogens with one attached hydrogen (secondary N) is 1. The molecule has 2 aromatic rings. The van der Waals surface area contributed by atoms with Gasteiger partial charge in [-0.1, -0.05) is 6.92 Å². The normalized spacial score (nSPS) is 22.4. The van der Waals surface area contributed by atoms with Gasteiger partial charge in [0, 0.05) is 29.7 Å². The summed E-state index contributed by atoms with van der Waals surface area (Å²) in [6.07, 6.45) is 4.64. The first kappa shape index (κ1) is 14.0. The van der Waals surface area contributed by atoms with E-state index in [1.165, 1.54) is 12.8 Å². The molecule has 1 saturated carbocycles. The van der Waals surface area contributed by atoms with Gasteiger partial charge in [0.2, 0.25) is 0 Å². The Bertz CT molecular complexity index is 653. The summed E-state index contributed by atoms with van der Waals surface area (Å²) in [5.41, 5.74) is 8.11. The maximum Gasteiger partial charge on any atom is 0.270 e. The number of amides is 1. The molecule has 0 aliphatic heterocycles. The molecule has 1 aliphatic rings. The predicted octanol–water partition coefficient (Wildman–Crippen LogP) is 3.40. The number of anilines is 1. The minimum Gasteiger partial charge on any atom is -0.399 e. The van der Waals surface area contributed by atoms with Crippen molar-refractivity contribution in [2.75, 3.05) is 12.8 Å². The third kappa shape index (κ3) is 2.75. The maximum absolute atomic E-state index is 12.6. The standard InChI is InChI=1S/C17H23N3O/c1-11-3-6-14(7-4-11)20(2)17(21)16-10-12-9-13(18)5-8-15(12)19-16/h5,8-11,14,19H,3-4,6-7,18H2,1-2H3. The molecule has 1 amide bonds. The first-order chi connectivity index (χ1) is 10.0. The molecule has 3 rings (SSSR count). The van der Waals surface area contributed by atoms with Crippen molar-refractivity contribution >= 4 is 22.5 Å². The summed E-state index contributed by atoms with van der Waals surface area (Å²) >= 11 is 0. The van der Waals surface area contributed by atoms with Gasteiger partial charge in [-0.25, -0.2) is 0 Å². The van der Waals surface area contributed by atoms with E-state index < -0.39 is 0 Å². The third-order valence-corrected chi connectivity index (χ3v) is 4.73. The smallest absolute Gasteiger partial charge is 0.270 e. The molecule has 1 aliphatic carbocycles. The van der Waals surface area contributed by atoms with E-state index in [4.69, 9.17) is 5.73 Å². The van der Waals surface area contributed by atoms with Crippen molar-refractivity contribution in [1.29, 1.82) is 0 Å². The molecule has 0 bridgehead atoms. The molecule has 0 unspecified atom stereocenters. The average Bonchev–Trinajstić information content (AvgIpc) is 2.89. The Balaban J connectivity index is 1.79. The van der Waals surface area contributed by atoms with Gasteiger partial charge in [-0.2, -0.15) is 0 Å². The molecule has 1 fully saturated rings. The lowest BCUT2D eigenvalue weighted by Crippen LogP contribution is -2.39. The lowest BCUT2D eigenvalue weighted by Gasteiger charge is -2.33. The molecule has 0 atom stereocenters. The van der Waals surface area contributed by atoms with Gasteiger partial charge in [0.15, 0.2) is 0 Å². The second-order valence-electron chi connectivity index (χ2n) is 6.36. The number of rotatable bonds is 2. The van der Waals surface area contributed by atoms with Gasteiger partial charge in [0.1, 0.15) is 5.69 Å². The predicted molar refractivity (Wildman–Crippen MR) is 86.2 cm³/mol. The van der Waals surface area contributed by atoms with Gasteiger partial charge in [-0.15, -0.1) is 0 Å². The first-order valence-electron chi connectivity index (χ1n) is 7.70. The highest BCUT2D eigenvalue weighted by atomic mass is 16.2. The topological polar surface area (TPSA) is 62.1 Å². The van der Waals surface area contributed by atoms with Gasteiger partial charge >= 0.3 is 0 Å². The van der Waals surface area contributed by atoms with E-state index in [0.717, 1.165) is 35.3 Å². The highest BCUT2D eigenvalue weighted by Crippen LogP contribution is 2.27. The molecule has 0 spiro atoms. The molecule has 4 heteroatoms. The number of nitrogens with zero attached hydrogens (tertiary/aromatic N) is 1. The number of hydrogen-bond donors (Lipinski definition) is 2. The molecular formula is C17H23N3O. The van der Waals surface area contributed by atoms with Crippen LogP contribution in [-0.2, 0) is 0 Å². The van der Waals surface area contributed by atoms with E-state index >= 15 is 0 Å². The Labute approximate surface area is 125 Å². The summed E-state index contributed by atoms with van der Waals surface area (Å²) in [6.45, 7) is 2.29. The number of aromatic amines is 1. The fourth-order valence-electron chi connectivity index (χ4n) is 3.25. The van der Waals surface area contributed by atoms with Crippen LogP contribution in [0.4, 0.5) is 5.69 Å². The maximum atomic E-state index is 12.6. The zero-order valence-corrected chi connectivity index (χ0v) is 12.7. The molecule has 4 nitrogen and oxygen atoms in total. The van der Waals surface area contributed by atoms with Crippen LogP contribution < -0.4 is 5.73 Å². The zero-order chi connectivity index (χ0) is 15.0. The van der Waals surface area contributed by atoms with Crippen LogP contribution in [0.15, 0.2) is 24.3 Å². The third-order valence-electron chi connectivity index (χ3n) is 4.73. The van der Waals surface area contributed by atoms with E-state index in [0.29, 0.717) is 11.7 Å². The molecular weight excluding hydrogens is 262 g/mol. The number of hydrogen-bond acceptors (Lipinski definition) is 2. The van der Waals surface area contributed by atoms with E-state index in [9.17, 15) is 4.79 Å². The molecule has 1 heterocycles. The summed E-state index contributed by atoms with van der Waals surface area (Å²) in [7, 11) is 1.92. The van der Waals surface area contributed by atoms with Gasteiger partial charge in [-0.05, 0) is 55.9 Å². The van der Waals surface area contributed by atoms with Crippen molar-refractivity contribution < 1.29 is 4.79 Å². The van der Waals surface area contributed by atoms with Gasteiger partial charge < -0.3 is 15.6 Å². The van der Waals surface area contributed by atoms with Gasteiger partial charge in [0.05, 0.1) is 0 Å². The number of benzene rings is 1. The summed E-state index contributed by atoms with van der Waals surface area (Å²) in [5.74, 6) is 0.866. The number of H-pyrrole nitrogens is 1. The number of carbonyl (C=O) groups excluding carboxylic acids is 1. The molecule has 0 saturated heterocycles. The largest absolute Gasteiger partial charge is 0.399 e. The lowest BCUT2D eigenvalue weighted by molar-refractivity contribution is 0.0674. The van der Waals surface area contributed by atoms with E-state index in [-0.39, 0.29) is 5.91 Å². The van der Waals surface area contributed by atoms with Crippen LogP contribution >= 0.6 is 0 Å². The van der Waals surface area contributed by atoms with Crippen LogP contribution in [0.3, 0.4) is 0 Å². The average molecular weight is 285 g/mol. The fourth-order valence-corrected chi connectivity index (χ4v) is 3.25. The quantitative estimate of drug-likeness (QED) is 0.831. The monoisotopic (exact) mass is 285 g/mol. The van der Waals surface area contributed by atoms with Crippen molar-refractivity contribution in [2.45, 2.75) is 38.6 Å². The lowest BCUT2D eigenvalue weighted by atomic mass is 9.86. The number of carbonyl (C=O) groups is 1. The number of fused-ring (bicyclic) bond motifs is 1. The van der Waals surface area contributed by atoms with Crippen molar-refractivity contribution in [1.82, 2.24) is 9.88 Å². The molecule has 0 radical (unpaired) electrons. The second-order valence-corrected chi connectivity index (χ2v) is 6.36. The van der Waals surface area contributed by atoms with Gasteiger partial charge in [-0.3, -0.25) is 4.79 Å². The van der Waals surface area contributed by atoms with Crippen LogP contribution in [0, 0.1) is 5.92 Å². The molecule has 112 valence electrons. The van der Waals surface area contributed by atoms with Crippen molar-refractivity contribution in [3.63, 3.8) is 0 Å². The summed E-state index contributed by atoms with van der Waals surface area (Å²) in [5, 5.41) is 0.990. The Kier molecular flexibility index (Phi) is 3.62. The summed E-state index contributed by atoms with van der Waals surface area (Å²) < 4.78 is 0. The highest BCUT2D eigenvalue weighted by molar-refractivity contribution is 5.98. The molecule has 1 aromatic carbocycles. The van der Waals surface area contributed by atoms with Crippen LogP contribution in [-0.4, -0.2) is 28.9 Å². The summed E-state index contributed by atoms with van der Waals surface area (Å²) in [6, 6.07) is 7.93. The minimum atomic E-state index is 0.0734. The zero-order valence-electron chi connectivity index (χ0n) is 12.7. The van der Waals surface area contributed by atoms with Crippen LogP contribution in [0.1, 0.15) is 43.1 Å². The van der Waals surface area contributed by atoms with E-state index in [1.807, 2.05) is 36.2 Å². The SMILES string of the molecule is CC1CCC(N(C)C(=O)c2cc3cc(N)ccc3[nH]2)CC1. The van der Waals surface area contributed by atoms with Crippen LogP contribution in [0.5, 0.6) is 0 Å². The Hall–Kier alpha value is -1.97. The Morgan fingerprint density at radius 1 is 1.24 bits per heavy atom. The number of nitrogens with two attached hydrogens (primary N) is 1. The Morgan fingerprint density at radius 3 is 2.67 bits per heavy atom. The van der Waals surface area contributed by atoms with Gasteiger partial charge in [0.25, 0.3) is 5.91 Å². The fraction of sp³-hybridized carbons (Fsp3) is 0.471. The van der Waals surface area contributed by atoms with Crippen LogP contribution in [0.2, 0.25) is 0 Å².